The SMILES string of the molecule is O=C(O)C1CN(C(=O)c2ccc3c(c2)OCCCO3)CCO1. The van der Waals surface area contributed by atoms with E-state index < -0.39 is 12.1 Å². The third-order valence-corrected chi connectivity index (χ3v) is 3.62. The standard InChI is InChI=1S/C15H17NO6/c17-14(16-4-7-22-13(9-16)15(18)19)10-2-3-11-12(8-10)21-6-1-5-20-11/h2-3,8,13H,1,4-7,9H2,(H,18,19). The maximum absolute atomic E-state index is 12.5. The average Bonchev–Trinajstić information content (AvgIpc) is 2.78. The first-order valence-electron chi connectivity index (χ1n) is 7.18. The fraction of sp³-hybridized carbons (Fsp3) is 0.467. The second kappa shape index (κ2) is 6.23. The number of fused-ring (bicyclic) bond motifs is 1. The van der Waals surface area contributed by atoms with Gasteiger partial charge in [0, 0.05) is 18.5 Å². The molecule has 0 saturated carbocycles. The maximum atomic E-state index is 12.5. The van der Waals surface area contributed by atoms with Crippen molar-refractivity contribution < 1.29 is 28.9 Å². The lowest BCUT2D eigenvalue weighted by Crippen LogP contribution is -2.48. The Kier molecular flexibility index (Phi) is 4.15. The number of nitrogens with zero attached hydrogens (tertiary/aromatic N) is 1. The molecule has 0 aliphatic carbocycles. The van der Waals surface area contributed by atoms with Crippen LogP contribution in [-0.4, -0.2) is 60.9 Å². The highest BCUT2D eigenvalue weighted by atomic mass is 16.5. The van der Waals surface area contributed by atoms with Gasteiger partial charge < -0.3 is 24.2 Å². The number of rotatable bonds is 2. The predicted octanol–water partition coefficient (Wildman–Crippen LogP) is 0.773. The number of carboxylic acid groups (broad SMARTS) is 1. The monoisotopic (exact) mass is 307 g/mol. The van der Waals surface area contributed by atoms with Gasteiger partial charge in [-0.15, -0.1) is 0 Å². The normalized spacial score (nSPS) is 21.1. The van der Waals surface area contributed by atoms with Crippen LogP contribution in [0.5, 0.6) is 11.5 Å². The number of morpholine rings is 1. The van der Waals surface area contributed by atoms with Gasteiger partial charge in [0.2, 0.25) is 0 Å². The van der Waals surface area contributed by atoms with Crippen molar-refractivity contribution in [1.29, 1.82) is 0 Å². The van der Waals surface area contributed by atoms with E-state index in [9.17, 15) is 9.59 Å². The molecule has 1 atom stereocenters. The number of carbonyl (C=O) groups is 2. The second-order valence-corrected chi connectivity index (χ2v) is 5.16. The molecule has 1 saturated heterocycles. The van der Waals surface area contributed by atoms with Crippen LogP contribution in [0.25, 0.3) is 0 Å². The predicted molar refractivity (Wildman–Crippen MR) is 75.3 cm³/mol. The number of hydrogen-bond acceptors (Lipinski definition) is 5. The van der Waals surface area contributed by atoms with Crippen molar-refractivity contribution in [2.24, 2.45) is 0 Å². The third kappa shape index (κ3) is 2.99. The molecule has 0 radical (unpaired) electrons. The minimum Gasteiger partial charge on any atom is -0.490 e. The van der Waals surface area contributed by atoms with Gasteiger partial charge in [-0.3, -0.25) is 4.79 Å². The van der Waals surface area contributed by atoms with Crippen LogP contribution in [0.2, 0.25) is 0 Å². The highest BCUT2D eigenvalue weighted by Gasteiger charge is 2.29. The zero-order valence-electron chi connectivity index (χ0n) is 12.0. The van der Waals surface area contributed by atoms with Gasteiger partial charge in [0.05, 0.1) is 26.4 Å². The zero-order chi connectivity index (χ0) is 15.5. The summed E-state index contributed by atoms with van der Waals surface area (Å²) in [5.74, 6) is -0.118. The Labute approximate surface area is 127 Å². The van der Waals surface area contributed by atoms with Crippen molar-refractivity contribution in [1.82, 2.24) is 4.90 Å². The van der Waals surface area contributed by atoms with Gasteiger partial charge in [-0.05, 0) is 18.2 Å². The number of carbonyl (C=O) groups excluding carboxylic acids is 1. The Morgan fingerprint density at radius 2 is 1.91 bits per heavy atom. The average molecular weight is 307 g/mol. The molecular weight excluding hydrogens is 290 g/mol. The van der Waals surface area contributed by atoms with Crippen molar-refractivity contribution >= 4 is 11.9 Å². The molecule has 22 heavy (non-hydrogen) atoms. The molecule has 2 aliphatic rings. The lowest BCUT2D eigenvalue weighted by Gasteiger charge is -2.31. The van der Waals surface area contributed by atoms with Crippen LogP contribution < -0.4 is 9.47 Å². The summed E-state index contributed by atoms with van der Waals surface area (Å²) in [4.78, 5) is 25.0. The third-order valence-electron chi connectivity index (χ3n) is 3.62. The van der Waals surface area contributed by atoms with E-state index in [1.54, 1.807) is 18.2 Å². The molecule has 1 aromatic rings. The Balaban J connectivity index is 1.77. The van der Waals surface area contributed by atoms with Crippen LogP contribution in [0, 0.1) is 0 Å². The first kappa shape index (κ1) is 14.6. The van der Waals surface area contributed by atoms with E-state index in [4.69, 9.17) is 19.3 Å². The van der Waals surface area contributed by atoms with Crippen LogP contribution in [0.4, 0.5) is 0 Å². The molecule has 0 spiro atoms. The Morgan fingerprint density at radius 1 is 1.14 bits per heavy atom. The molecule has 1 N–H and O–H groups in total. The van der Waals surface area contributed by atoms with Crippen LogP contribution in [0.1, 0.15) is 16.8 Å². The van der Waals surface area contributed by atoms with Gasteiger partial charge in [0.25, 0.3) is 5.91 Å². The molecule has 2 aliphatic heterocycles. The lowest BCUT2D eigenvalue weighted by atomic mass is 10.1. The van der Waals surface area contributed by atoms with Gasteiger partial charge in [0.15, 0.2) is 17.6 Å². The van der Waals surface area contributed by atoms with Gasteiger partial charge >= 0.3 is 5.97 Å². The van der Waals surface area contributed by atoms with Crippen molar-refractivity contribution in [3.63, 3.8) is 0 Å². The van der Waals surface area contributed by atoms with E-state index in [1.807, 2.05) is 0 Å². The van der Waals surface area contributed by atoms with Gasteiger partial charge in [-0.1, -0.05) is 0 Å². The highest BCUT2D eigenvalue weighted by molar-refractivity contribution is 5.95. The van der Waals surface area contributed by atoms with Crippen molar-refractivity contribution in [3.8, 4) is 11.5 Å². The number of amides is 1. The van der Waals surface area contributed by atoms with E-state index in [2.05, 4.69) is 0 Å². The summed E-state index contributed by atoms with van der Waals surface area (Å²) in [6, 6.07) is 5.03. The number of benzene rings is 1. The Morgan fingerprint density at radius 3 is 2.68 bits per heavy atom. The molecule has 7 heteroatoms. The summed E-state index contributed by atoms with van der Waals surface area (Å²) in [7, 11) is 0. The molecule has 1 fully saturated rings. The van der Waals surface area contributed by atoms with Gasteiger partial charge in [-0.25, -0.2) is 4.79 Å². The summed E-state index contributed by atoms with van der Waals surface area (Å²) < 4.78 is 16.2. The Hall–Kier alpha value is -2.28. The largest absolute Gasteiger partial charge is 0.490 e. The molecule has 1 amide bonds. The van der Waals surface area contributed by atoms with Crippen molar-refractivity contribution in [2.75, 3.05) is 32.9 Å². The summed E-state index contributed by atoms with van der Waals surface area (Å²) in [5, 5.41) is 9.00. The summed E-state index contributed by atoms with van der Waals surface area (Å²) in [6.45, 7) is 1.76. The second-order valence-electron chi connectivity index (χ2n) is 5.16. The quantitative estimate of drug-likeness (QED) is 0.869. The topological polar surface area (TPSA) is 85.3 Å². The molecule has 0 aromatic heterocycles. The molecule has 2 heterocycles. The maximum Gasteiger partial charge on any atom is 0.334 e. The summed E-state index contributed by atoms with van der Waals surface area (Å²) in [6.07, 6.45) is -0.181. The Bertz CT molecular complexity index is 587. The molecular formula is C15H17NO6. The molecule has 3 rings (SSSR count). The number of ether oxygens (including phenoxy) is 3. The minimum absolute atomic E-state index is 0.0443. The lowest BCUT2D eigenvalue weighted by molar-refractivity contribution is -0.154. The number of aliphatic carboxylic acids is 1. The molecule has 118 valence electrons. The zero-order valence-corrected chi connectivity index (χ0v) is 12.0. The molecule has 7 nitrogen and oxygen atoms in total. The fourth-order valence-electron chi connectivity index (χ4n) is 2.46. The molecule has 1 unspecified atom stereocenters. The number of carboxylic acids is 1. The van der Waals surface area contributed by atoms with Crippen LogP contribution >= 0.6 is 0 Å². The van der Waals surface area contributed by atoms with E-state index in [0.29, 0.717) is 36.8 Å². The summed E-state index contributed by atoms with van der Waals surface area (Å²) >= 11 is 0. The smallest absolute Gasteiger partial charge is 0.334 e. The van der Waals surface area contributed by atoms with E-state index >= 15 is 0 Å². The van der Waals surface area contributed by atoms with Gasteiger partial charge in [0.1, 0.15) is 0 Å². The van der Waals surface area contributed by atoms with E-state index in [1.165, 1.54) is 4.90 Å². The van der Waals surface area contributed by atoms with Crippen LogP contribution in [-0.2, 0) is 9.53 Å². The van der Waals surface area contributed by atoms with Crippen LogP contribution in [0.3, 0.4) is 0 Å². The fourth-order valence-corrected chi connectivity index (χ4v) is 2.46. The van der Waals surface area contributed by atoms with Crippen LogP contribution in [0.15, 0.2) is 18.2 Å². The van der Waals surface area contributed by atoms with E-state index in [0.717, 1.165) is 6.42 Å². The van der Waals surface area contributed by atoms with Crippen molar-refractivity contribution in [2.45, 2.75) is 12.5 Å². The first-order chi connectivity index (χ1) is 10.6. The minimum atomic E-state index is -1.06. The summed E-state index contributed by atoms with van der Waals surface area (Å²) in [5.41, 5.74) is 0.454. The van der Waals surface area contributed by atoms with E-state index in [-0.39, 0.29) is 19.1 Å². The van der Waals surface area contributed by atoms with Gasteiger partial charge in [-0.2, -0.15) is 0 Å². The first-order valence-corrected chi connectivity index (χ1v) is 7.18. The van der Waals surface area contributed by atoms with Crippen molar-refractivity contribution in [3.05, 3.63) is 23.8 Å². The molecule has 0 bridgehead atoms. The number of hydrogen-bond donors (Lipinski definition) is 1. The highest BCUT2D eigenvalue weighted by Crippen LogP contribution is 2.31. The molecule has 1 aromatic carbocycles.